The maximum atomic E-state index is 10.0. The van der Waals surface area contributed by atoms with E-state index in [1.54, 1.807) is 0 Å². The molecule has 0 radical (unpaired) electrons. The molecule has 0 aromatic heterocycles. The fraction of sp³-hybridized carbons (Fsp3) is 0. The third-order valence-corrected chi connectivity index (χ3v) is 0.154. The molecule has 32 valence electrons. The van der Waals surface area contributed by atoms with Crippen LogP contribution in [0.1, 0.15) is 0 Å². The Labute approximate surface area is 48.4 Å². The van der Waals surface area contributed by atoms with Gasteiger partial charge in [0, 0.05) is 0 Å². The maximum Gasteiger partial charge on any atom is 1.00 e. The van der Waals surface area contributed by atoms with Crippen molar-refractivity contribution in [2.45, 2.75) is 0 Å². The smallest absolute Gasteiger partial charge is 0.747 e. The average molecular weight is 106 g/mol. The molecule has 0 aliphatic carbocycles. The van der Waals surface area contributed by atoms with Crippen LogP contribution in [0.3, 0.4) is 0 Å². The van der Waals surface area contributed by atoms with E-state index in [9.17, 15) is 4.53 Å². The van der Waals surface area contributed by atoms with E-state index in [2.05, 4.69) is 4.39 Å². The Hall–Kier alpha value is 0.597. The van der Waals surface area contributed by atoms with Crippen LogP contribution in [-0.4, -0.2) is 8.76 Å². The monoisotopic (exact) mass is 106 g/mol. The quantitative estimate of drug-likeness (QED) is 0.259. The van der Waals surface area contributed by atoms with Gasteiger partial charge in [-0.25, -0.2) is 4.21 Å². The van der Waals surface area contributed by atoms with E-state index in [0.717, 1.165) is 0 Å². The largest absolute Gasteiger partial charge is 1.00 e. The third-order valence-electron chi connectivity index (χ3n) is 0.0514. The fourth-order valence-corrected chi connectivity index (χ4v) is 0. The molecule has 0 bridgehead atoms. The number of hydrogen-bond donors (Lipinski definition) is 0. The Balaban J connectivity index is 0. The first kappa shape index (κ1) is 9.78. The minimum Gasteiger partial charge on any atom is -0.747 e. The molecule has 3 nitrogen and oxygen atoms in total. The second-order valence-corrected chi connectivity index (χ2v) is 0.801. The van der Waals surface area contributed by atoms with E-state index in [0.29, 0.717) is 0 Å². The van der Waals surface area contributed by atoms with E-state index in [-0.39, 0.29) is 18.9 Å². The standard InChI is InChI=1S/FHO3S.Li/c1-4-5(2)3;/h(H,2,3);/q;+1/p-1. The van der Waals surface area contributed by atoms with Gasteiger partial charge in [0.1, 0.15) is 11.4 Å². The first-order valence-corrected chi connectivity index (χ1v) is 1.65. The van der Waals surface area contributed by atoms with E-state index < -0.39 is 11.4 Å². The second kappa shape index (κ2) is 5.60. The van der Waals surface area contributed by atoms with Crippen LogP contribution in [0.25, 0.3) is 0 Å². The predicted octanol–water partition coefficient (Wildman–Crippen LogP) is -3.31. The minimum atomic E-state index is -2.99. The normalized spacial score (nSPS) is 12.3. The summed E-state index contributed by atoms with van der Waals surface area (Å²) in [6.07, 6.45) is 0. The fourth-order valence-electron chi connectivity index (χ4n) is 0. The van der Waals surface area contributed by atoms with Crippen LogP contribution < -0.4 is 18.9 Å². The first-order valence-electron chi connectivity index (χ1n) is 0.654. The van der Waals surface area contributed by atoms with Crippen molar-refractivity contribution in [3.05, 3.63) is 0 Å². The van der Waals surface area contributed by atoms with Gasteiger partial charge in [0.2, 0.25) is 0 Å². The van der Waals surface area contributed by atoms with Crippen molar-refractivity contribution in [2.24, 2.45) is 0 Å². The molecule has 0 rings (SSSR count). The third kappa shape index (κ3) is 8.82. The topological polar surface area (TPSA) is 49.4 Å². The van der Waals surface area contributed by atoms with Gasteiger partial charge >= 0.3 is 18.9 Å². The van der Waals surface area contributed by atoms with Gasteiger partial charge < -0.3 is 4.55 Å². The zero-order chi connectivity index (χ0) is 4.28. The molecule has 0 heterocycles. The molecule has 0 saturated heterocycles. The summed E-state index contributed by atoms with van der Waals surface area (Å²) in [5, 5.41) is 0. The summed E-state index contributed by atoms with van der Waals surface area (Å²) in [5.74, 6) is 0. The van der Waals surface area contributed by atoms with Crippen LogP contribution in [0.15, 0.2) is 0 Å². The summed E-state index contributed by atoms with van der Waals surface area (Å²) in [5.41, 5.74) is 0. The van der Waals surface area contributed by atoms with E-state index in [4.69, 9.17) is 8.76 Å². The summed E-state index contributed by atoms with van der Waals surface area (Å²) in [6, 6.07) is 0. The zero-order valence-electron chi connectivity index (χ0n) is 3.01. The van der Waals surface area contributed by atoms with Crippen molar-refractivity contribution in [3.8, 4) is 0 Å². The summed E-state index contributed by atoms with van der Waals surface area (Å²) in [7, 11) is 0. The Morgan fingerprint density at radius 1 is 1.83 bits per heavy atom. The maximum absolute atomic E-state index is 10.0. The van der Waals surface area contributed by atoms with Crippen LogP contribution >= 0.6 is 0 Å². The Bertz CT molecular complexity index is 46.1. The number of halogens is 1. The van der Waals surface area contributed by atoms with Crippen molar-refractivity contribution in [3.63, 3.8) is 0 Å². The Morgan fingerprint density at radius 2 is 2.00 bits per heavy atom. The minimum absolute atomic E-state index is 0. The Morgan fingerprint density at radius 3 is 2.00 bits per heavy atom. The molecule has 1 unspecified atom stereocenters. The molecule has 0 aromatic rings. The molecule has 0 aliphatic heterocycles. The van der Waals surface area contributed by atoms with Crippen molar-refractivity contribution in [1.29, 1.82) is 0 Å². The summed E-state index contributed by atoms with van der Waals surface area (Å²) in [6.45, 7) is 0. The van der Waals surface area contributed by atoms with Gasteiger partial charge in [0.15, 0.2) is 0 Å². The van der Waals surface area contributed by atoms with E-state index in [1.807, 2.05) is 0 Å². The molecule has 0 aliphatic rings. The molecule has 0 aromatic carbocycles. The van der Waals surface area contributed by atoms with Crippen LogP contribution in [0.4, 0.5) is 4.53 Å². The molecule has 0 spiro atoms. The summed E-state index contributed by atoms with van der Waals surface area (Å²) < 4.78 is 29.7. The molecule has 6 heavy (non-hydrogen) atoms. The van der Waals surface area contributed by atoms with Crippen molar-refractivity contribution < 1.29 is 36.5 Å². The van der Waals surface area contributed by atoms with Crippen LogP contribution in [-0.2, 0) is 15.7 Å². The molecule has 6 heteroatoms. The van der Waals surface area contributed by atoms with Gasteiger partial charge in [0.25, 0.3) is 0 Å². The number of rotatable bonds is 1. The van der Waals surface area contributed by atoms with Gasteiger partial charge in [0.05, 0.1) is 0 Å². The van der Waals surface area contributed by atoms with E-state index >= 15 is 0 Å². The molecule has 0 amide bonds. The summed E-state index contributed by atoms with van der Waals surface area (Å²) in [4.78, 5) is 0. The zero-order valence-corrected chi connectivity index (χ0v) is 3.83. The predicted molar refractivity (Wildman–Crippen MR) is 11.1 cm³/mol. The van der Waals surface area contributed by atoms with Crippen molar-refractivity contribution in [2.75, 3.05) is 0 Å². The van der Waals surface area contributed by atoms with Crippen molar-refractivity contribution in [1.82, 2.24) is 0 Å². The van der Waals surface area contributed by atoms with Gasteiger partial charge in [-0.3, -0.25) is 0 Å². The van der Waals surface area contributed by atoms with Crippen LogP contribution in [0.2, 0.25) is 0 Å². The van der Waals surface area contributed by atoms with Crippen LogP contribution in [0.5, 0.6) is 0 Å². The molecule has 0 N–H and O–H groups in total. The van der Waals surface area contributed by atoms with Crippen molar-refractivity contribution >= 4 is 11.4 Å². The number of hydrogen-bond acceptors (Lipinski definition) is 3. The van der Waals surface area contributed by atoms with E-state index in [1.165, 1.54) is 0 Å². The average Bonchev–Trinajstić information content (AvgIpc) is 1.38. The van der Waals surface area contributed by atoms with Gasteiger partial charge in [-0.2, -0.15) is 0 Å². The van der Waals surface area contributed by atoms with Gasteiger partial charge in [-0.1, -0.05) is 0 Å². The SMILES string of the molecule is O=S([O-])OF.[Li+]. The second-order valence-electron chi connectivity index (χ2n) is 0.267. The first-order chi connectivity index (χ1) is 2.27. The molecular weight excluding hydrogens is 106 g/mol. The van der Waals surface area contributed by atoms with Gasteiger partial charge in [-0.15, -0.1) is 4.39 Å². The van der Waals surface area contributed by atoms with Crippen LogP contribution in [0, 0.1) is 0 Å². The molecule has 0 fully saturated rings. The molecule has 1 atom stereocenters. The molecule has 0 saturated carbocycles. The molecular formula is FLiO3S. The summed E-state index contributed by atoms with van der Waals surface area (Å²) >= 11 is -2.99. The van der Waals surface area contributed by atoms with Gasteiger partial charge in [-0.05, 0) is 4.53 Å². The Kier molecular flexibility index (Phi) is 9.12.